The van der Waals surface area contributed by atoms with E-state index in [9.17, 15) is 4.79 Å². The molecule has 32 heavy (non-hydrogen) atoms. The third-order valence-electron chi connectivity index (χ3n) is 5.32. The number of hydrogen-bond acceptors (Lipinski definition) is 8. The van der Waals surface area contributed by atoms with Gasteiger partial charge in [0, 0.05) is 39.4 Å². The Bertz CT molecular complexity index is 1180. The van der Waals surface area contributed by atoms with E-state index in [2.05, 4.69) is 35.2 Å². The molecule has 0 unspecified atom stereocenters. The van der Waals surface area contributed by atoms with Crippen molar-refractivity contribution in [3.05, 3.63) is 66.1 Å². The number of piperazine rings is 1. The lowest BCUT2D eigenvalue weighted by atomic mass is 10.3. The van der Waals surface area contributed by atoms with E-state index in [0.717, 1.165) is 42.6 Å². The van der Waals surface area contributed by atoms with Crippen molar-refractivity contribution in [2.45, 2.75) is 0 Å². The van der Waals surface area contributed by atoms with Gasteiger partial charge in [0.05, 0.1) is 23.0 Å². The van der Waals surface area contributed by atoms with Crippen molar-refractivity contribution in [1.82, 2.24) is 24.7 Å². The van der Waals surface area contributed by atoms with Crippen molar-refractivity contribution < 1.29 is 4.79 Å². The Kier molecular flexibility index (Phi) is 5.51. The summed E-state index contributed by atoms with van der Waals surface area (Å²) in [4.78, 5) is 31.5. The Morgan fingerprint density at radius 3 is 2.47 bits per heavy atom. The number of amides is 1. The minimum atomic E-state index is -0.247. The zero-order valence-corrected chi connectivity index (χ0v) is 18.4. The Balaban J connectivity index is 1.21. The molecule has 0 aromatic carbocycles. The van der Waals surface area contributed by atoms with Gasteiger partial charge < -0.3 is 15.1 Å². The van der Waals surface area contributed by atoms with Crippen LogP contribution in [0.15, 0.2) is 60.4 Å². The molecule has 1 aliphatic rings. The summed E-state index contributed by atoms with van der Waals surface area (Å²) in [6.07, 6.45) is 5.09. The molecule has 1 amide bonds. The largest absolute Gasteiger partial charge is 0.353 e. The molecule has 1 fully saturated rings. The van der Waals surface area contributed by atoms with Crippen molar-refractivity contribution in [2.24, 2.45) is 7.05 Å². The number of nitrogens with one attached hydrogen (secondary N) is 1. The highest BCUT2D eigenvalue weighted by molar-refractivity contribution is 7.13. The summed E-state index contributed by atoms with van der Waals surface area (Å²) < 4.78 is 1.58. The third kappa shape index (κ3) is 4.17. The van der Waals surface area contributed by atoms with E-state index in [1.807, 2.05) is 41.9 Å². The smallest absolute Gasteiger partial charge is 0.274 e. The van der Waals surface area contributed by atoms with Gasteiger partial charge in [-0.05, 0) is 29.6 Å². The molecule has 0 aliphatic carbocycles. The van der Waals surface area contributed by atoms with E-state index in [0.29, 0.717) is 17.3 Å². The molecule has 4 aromatic heterocycles. The van der Waals surface area contributed by atoms with Crippen LogP contribution < -0.4 is 15.1 Å². The number of pyridine rings is 1. The zero-order valence-electron chi connectivity index (χ0n) is 17.5. The van der Waals surface area contributed by atoms with Crippen LogP contribution in [0, 0.1) is 0 Å². The van der Waals surface area contributed by atoms with Gasteiger partial charge in [0.15, 0.2) is 0 Å². The van der Waals surface area contributed by atoms with Crippen LogP contribution in [0.5, 0.6) is 0 Å². The van der Waals surface area contributed by atoms with Crippen molar-refractivity contribution in [3.8, 4) is 10.6 Å². The Morgan fingerprint density at radius 2 is 1.78 bits per heavy atom. The van der Waals surface area contributed by atoms with Gasteiger partial charge >= 0.3 is 0 Å². The SMILES string of the molecule is Cn1nc(-c2cccs2)cc1C(=O)Nc1cnc(N2CCN(c3ccccn3)CC2)nc1. The molecule has 0 radical (unpaired) electrons. The maximum absolute atomic E-state index is 12.7. The summed E-state index contributed by atoms with van der Waals surface area (Å²) in [5.74, 6) is 1.40. The van der Waals surface area contributed by atoms with Crippen molar-refractivity contribution >= 4 is 34.7 Å². The summed E-state index contributed by atoms with van der Waals surface area (Å²) in [5, 5.41) is 9.29. The molecule has 162 valence electrons. The van der Waals surface area contributed by atoms with Crippen molar-refractivity contribution in [1.29, 1.82) is 0 Å². The number of thiophene rings is 1. The second kappa shape index (κ2) is 8.75. The number of nitrogens with zero attached hydrogens (tertiary/aromatic N) is 7. The van der Waals surface area contributed by atoms with Crippen LogP contribution in [0.4, 0.5) is 17.5 Å². The molecule has 4 aromatic rings. The van der Waals surface area contributed by atoms with Gasteiger partial charge in [0.25, 0.3) is 5.91 Å². The summed E-state index contributed by atoms with van der Waals surface area (Å²) in [6.45, 7) is 3.32. The number of anilines is 3. The van der Waals surface area contributed by atoms with Crippen molar-refractivity contribution in [3.63, 3.8) is 0 Å². The van der Waals surface area contributed by atoms with E-state index < -0.39 is 0 Å². The quantitative estimate of drug-likeness (QED) is 0.504. The fraction of sp³-hybridized carbons (Fsp3) is 0.227. The van der Waals surface area contributed by atoms with Gasteiger partial charge in [-0.3, -0.25) is 9.48 Å². The predicted octanol–water partition coefficient (Wildman–Crippen LogP) is 2.91. The van der Waals surface area contributed by atoms with E-state index >= 15 is 0 Å². The van der Waals surface area contributed by atoms with Crippen LogP contribution in [-0.2, 0) is 7.05 Å². The maximum Gasteiger partial charge on any atom is 0.274 e. The molecule has 0 atom stereocenters. The minimum absolute atomic E-state index is 0.247. The average Bonchev–Trinajstić information content (AvgIpc) is 3.50. The van der Waals surface area contributed by atoms with Crippen LogP contribution in [0.1, 0.15) is 10.5 Å². The molecule has 1 N–H and O–H groups in total. The Hall–Kier alpha value is -3.79. The Labute approximate surface area is 189 Å². The van der Waals surface area contributed by atoms with Gasteiger partial charge in [-0.15, -0.1) is 11.3 Å². The van der Waals surface area contributed by atoms with Crippen LogP contribution in [0.25, 0.3) is 10.6 Å². The first kappa shape index (κ1) is 20.1. The lowest BCUT2D eigenvalue weighted by Gasteiger charge is -2.35. The van der Waals surface area contributed by atoms with E-state index in [1.165, 1.54) is 0 Å². The molecule has 0 bridgehead atoms. The summed E-state index contributed by atoms with van der Waals surface area (Å²) in [5.41, 5.74) is 1.80. The molecule has 0 spiro atoms. The lowest BCUT2D eigenvalue weighted by Crippen LogP contribution is -2.47. The topological polar surface area (TPSA) is 92.1 Å². The molecule has 9 nitrogen and oxygen atoms in total. The number of hydrogen-bond donors (Lipinski definition) is 1. The van der Waals surface area contributed by atoms with Crippen LogP contribution in [-0.4, -0.2) is 56.8 Å². The van der Waals surface area contributed by atoms with Crippen molar-refractivity contribution in [2.75, 3.05) is 41.3 Å². The van der Waals surface area contributed by atoms with Gasteiger partial charge in [-0.25, -0.2) is 15.0 Å². The third-order valence-corrected chi connectivity index (χ3v) is 6.21. The maximum atomic E-state index is 12.7. The van der Waals surface area contributed by atoms with Gasteiger partial charge in [-0.2, -0.15) is 5.10 Å². The molecule has 1 aliphatic heterocycles. The summed E-state index contributed by atoms with van der Waals surface area (Å²) in [7, 11) is 1.76. The number of carbonyl (C=O) groups is 1. The lowest BCUT2D eigenvalue weighted by molar-refractivity contribution is 0.101. The summed E-state index contributed by atoms with van der Waals surface area (Å²) in [6, 6.07) is 11.7. The van der Waals surface area contributed by atoms with E-state index in [-0.39, 0.29) is 5.91 Å². The normalized spacial score (nSPS) is 13.9. The molecular weight excluding hydrogens is 424 g/mol. The van der Waals surface area contributed by atoms with E-state index in [4.69, 9.17) is 0 Å². The monoisotopic (exact) mass is 446 g/mol. The van der Waals surface area contributed by atoms with Crippen LogP contribution >= 0.6 is 11.3 Å². The number of aromatic nitrogens is 5. The molecule has 1 saturated heterocycles. The van der Waals surface area contributed by atoms with E-state index in [1.54, 1.807) is 41.5 Å². The number of aryl methyl sites for hydroxylation is 1. The highest BCUT2D eigenvalue weighted by atomic mass is 32.1. The molecule has 10 heteroatoms. The first-order valence-corrected chi connectivity index (χ1v) is 11.2. The summed E-state index contributed by atoms with van der Waals surface area (Å²) >= 11 is 1.59. The second-order valence-electron chi connectivity index (χ2n) is 7.40. The fourth-order valence-corrected chi connectivity index (χ4v) is 4.33. The highest BCUT2D eigenvalue weighted by Gasteiger charge is 2.20. The first-order valence-electron chi connectivity index (χ1n) is 10.3. The van der Waals surface area contributed by atoms with Crippen LogP contribution in [0.2, 0.25) is 0 Å². The Morgan fingerprint density at radius 1 is 1.00 bits per heavy atom. The average molecular weight is 447 g/mol. The zero-order chi connectivity index (χ0) is 21.9. The molecule has 0 saturated carbocycles. The first-order chi connectivity index (χ1) is 15.7. The predicted molar refractivity (Wildman–Crippen MR) is 125 cm³/mol. The van der Waals surface area contributed by atoms with Gasteiger partial charge in [-0.1, -0.05) is 12.1 Å². The second-order valence-corrected chi connectivity index (χ2v) is 8.35. The number of rotatable bonds is 5. The number of carbonyl (C=O) groups excluding carboxylic acids is 1. The molecular formula is C22H22N8OS. The van der Waals surface area contributed by atoms with Gasteiger partial charge in [0.2, 0.25) is 5.95 Å². The highest BCUT2D eigenvalue weighted by Crippen LogP contribution is 2.24. The standard InChI is InChI=1S/C22H22N8OS/c1-28-18(13-17(27-28)19-5-4-12-32-19)21(31)26-16-14-24-22(25-15-16)30-10-8-29(9-11-30)20-6-2-3-7-23-20/h2-7,12-15H,8-11H2,1H3,(H,26,31). The van der Waals surface area contributed by atoms with Crippen LogP contribution in [0.3, 0.4) is 0 Å². The fourth-order valence-electron chi connectivity index (χ4n) is 3.65. The molecule has 5 heterocycles. The molecule has 5 rings (SSSR count). The van der Waals surface area contributed by atoms with Gasteiger partial charge in [0.1, 0.15) is 17.2 Å². The minimum Gasteiger partial charge on any atom is -0.353 e.